The van der Waals surface area contributed by atoms with Crippen LogP contribution in [0.25, 0.3) is 0 Å². The Morgan fingerprint density at radius 2 is 2.20 bits per heavy atom. The molecule has 80 valence electrons. The van der Waals surface area contributed by atoms with Crippen LogP contribution in [0, 0.1) is 5.95 Å². The van der Waals surface area contributed by atoms with Gasteiger partial charge in [0.2, 0.25) is 11.9 Å². The van der Waals surface area contributed by atoms with Crippen molar-refractivity contribution in [2.24, 2.45) is 0 Å². The number of amides is 2. The van der Waals surface area contributed by atoms with E-state index in [-0.39, 0.29) is 18.1 Å². The highest BCUT2D eigenvalue weighted by molar-refractivity contribution is 5.94. The second-order valence-corrected chi connectivity index (χ2v) is 2.70. The van der Waals surface area contributed by atoms with Gasteiger partial charge in [-0.15, -0.1) is 0 Å². The Kier molecular flexibility index (Phi) is 3.73. The minimum Gasteiger partial charge on any atom is -0.358 e. The Morgan fingerprint density at radius 3 is 2.80 bits per heavy atom. The molecule has 0 saturated carbocycles. The van der Waals surface area contributed by atoms with Crippen LogP contribution in [0.2, 0.25) is 0 Å². The third kappa shape index (κ3) is 3.34. The van der Waals surface area contributed by atoms with Crippen LogP contribution >= 0.6 is 0 Å². The molecule has 0 bridgehead atoms. The number of carbonyl (C=O) groups is 2. The molecule has 0 unspecified atom stereocenters. The Morgan fingerprint density at radius 1 is 1.47 bits per heavy atom. The van der Waals surface area contributed by atoms with Crippen molar-refractivity contribution in [3.63, 3.8) is 0 Å². The summed E-state index contributed by atoms with van der Waals surface area (Å²) < 4.78 is 12.6. The maximum Gasteiger partial charge on any atom is 0.270 e. The fraction of sp³-hybridized carbons (Fsp3) is 0.222. The van der Waals surface area contributed by atoms with E-state index in [1.807, 2.05) is 0 Å². The molecule has 6 heteroatoms. The Bertz CT molecular complexity index is 381. The average Bonchev–Trinajstić information content (AvgIpc) is 2.25. The first kappa shape index (κ1) is 11.1. The van der Waals surface area contributed by atoms with Crippen molar-refractivity contribution in [1.82, 2.24) is 15.6 Å². The van der Waals surface area contributed by atoms with Crippen molar-refractivity contribution >= 4 is 11.8 Å². The summed E-state index contributed by atoms with van der Waals surface area (Å²) in [5.41, 5.74) is -0.0566. The Labute approximate surface area is 85.7 Å². The maximum absolute atomic E-state index is 12.6. The summed E-state index contributed by atoms with van der Waals surface area (Å²) in [6.07, 6.45) is 0. The summed E-state index contributed by atoms with van der Waals surface area (Å²) in [4.78, 5) is 25.5. The minimum atomic E-state index is -0.734. The lowest BCUT2D eigenvalue weighted by Gasteiger charge is -2.03. The molecule has 1 rings (SSSR count). The molecule has 5 nitrogen and oxygen atoms in total. The molecular weight excluding hydrogens is 201 g/mol. The normalized spacial score (nSPS) is 9.47. The van der Waals surface area contributed by atoms with Crippen LogP contribution in [0.1, 0.15) is 10.5 Å². The molecule has 0 spiro atoms. The van der Waals surface area contributed by atoms with Crippen molar-refractivity contribution in [3.05, 3.63) is 29.8 Å². The number of nitrogens with zero attached hydrogens (tertiary/aromatic N) is 1. The first-order valence-electron chi connectivity index (χ1n) is 4.25. The third-order valence-corrected chi connectivity index (χ3v) is 1.64. The second kappa shape index (κ2) is 5.04. The molecule has 0 fully saturated rings. The summed E-state index contributed by atoms with van der Waals surface area (Å²) >= 11 is 0. The van der Waals surface area contributed by atoms with Crippen LogP contribution in [-0.4, -0.2) is 30.4 Å². The van der Waals surface area contributed by atoms with E-state index in [0.717, 1.165) is 6.07 Å². The summed E-state index contributed by atoms with van der Waals surface area (Å²) in [6.45, 7) is -0.159. The van der Waals surface area contributed by atoms with Crippen LogP contribution < -0.4 is 10.6 Å². The zero-order valence-electron chi connectivity index (χ0n) is 8.08. The highest BCUT2D eigenvalue weighted by Gasteiger charge is 2.08. The first-order valence-corrected chi connectivity index (χ1v) is 4.25. The molecule has 0 saturated heterocycles. The van der Waals surface area contributed by atoms with Gasteiger partial charge in [-0.25, -0.2) is 4.98 Å². The van der Waals surface area contributed by atoms with Gasteiger partial charge in [0.05, 0.1) is 6.54 Å². The molecule has 0 aliphatic heterocycles. The highest BCUT2D eigenvalue weighted by atomic mass is 19.1. The van der Waals surface area contributed by atoms with E-state index in [4.69, 9.17) is 0 Å². The van der Waals surface area contributed by atoms with Crippen LogP contribution in [0.15, 0.2) is 18.2 Å². The number of aromatic nitrogens is 1. The molecule has 0 aliphatic rings. The van der Waals surface area contributed by atoms with E-state index < -0.39 is 11.9 Å². The number of nitrogens with one attached hydrogen (secondary N) is 2. The molecule has 15 heavy (non-hydrogen) atoms. The second-order valence-electron chi connectivity index (χ2n) is 2.70. The number of pyridine rings is 1. The molecule has 1 aromatic rings. The Balaban J connectivity index is 2.58. The molecule has 2 amide bonds. The SMILES string of the molecule is CNC(=O)CNC(=O)c1cccc(F)n1. The monoisotopic (exact) mass is 211 g/mol. The van der Waals surface area contributed by atoms with Crippen LogP contribution in [0.4, 0.5) is 4.39 Å². The van der Waals surface area contributed by atoms with E-state index in [2.05, 4.69) is 15.6 Å². The smallest absolute Gasteiger partial charge is 0.270 e. The molecule has 0 aromatic carbocycles. The quantitative estimate of drug-likeness (QED) is 0.674. The van der Waals surface area contributed by atoms with Gasteiger partial charge in [-0.3, -0.25) is 9.59 Å². The third-order valence-electron chi connectivity index (χ3n) is 1.64. The van der Waals surface area contributed by atoms with Crippen LogP contribution in [0.5, 0.6) is 0 Å². The lowest BCUT2D eigenvalue weighted by molar-refractivity contribution is -0.119. The zero-order valence-corrected chi connectivity index (χ0v) is 8.08. The fourth-order valence-electron chi connectivity index (χ4n) is 0.874. The lowest BCUT2D eigenvalue weighted by Crippen LogP contribution is -2.35. The van der Waals surface area contributed by atoms with Crippen molar-refractivity contribution < 1.29 is 14.0 Å². The maximum atomic E-state index is 12.6. The molecule has 1 aromatic heterocycles. The predicted molar refractivity (Wildman–Crippen MR) is 50.6 cm³/mol. The van der Waals surface area contributed by atoms with E-state index >= 15 is 0 Å². The fourth-order valence-corrected chi connectivity index (χ4v) is 0.874. The van der Waals surface area contributed by atoms with Gasteiger partial charge in [-0.1, -0.05) is 6.07 Å². The molecule has 1 heterocycles. The van der Waals surface area contributed by atoms with Gasteiger partial charge in [0.25, 0.3) is 5.91 Å². The van der Waals surface area contributed by atoms with E-state index in [9.17, 15) is 14.0 Å². The van der Waals surface area contributed by atoms with Crippen molar-refractivity contribution in [3.8, 4) is 0 Å². The van der Waals surface area contributed by atoms with Crippen LogP contribution in [-0.2, 0) is 4.79 Å². The minimum absolute atomic E-state index is 0.0566. The molecule has 2 N–H and O–H groups in total. The van der Waals surface area contributed by atoms with Gasteiger partial charge < -0.3 is 10.6 Å². The van der Waals surface area contributed by atoms with E-state index in [1.54, 1.807) is 0 Å². The van der Waals surface area contributed by atoms with E-state index in [1.165, 1.54) is 19.2 Å². The van der Waals surface area contributed by atoms with Gasteiger partial charge in [0, 0.05) is 7.05 Å². The first-order chi connectivity index (χ1) is 7.13. The van der Waals surface area contributed by atoms with Crippen molar-refractivity contribution in [2.75, 3.05) is 13.6 Å². The number of rotatable bonds is 3. The standard InChI is InChI=1S/C9H10FN3O2/c1-11-8(14)5-12-9(15)6-3-2-4-7(10)13-6/h2-4H,5H2,1H3,(H,11,14)(H,12,15). The van der Waals surface area contributed by atoms with Gasteiger partial charge in [0.1, 0.15) is 5.69 Å². The topological polar surface area (TPSA) is 71.1 Å². The zero-order chi connectivity index (χ0) is 11.3. The van der Waals surface area contributed by atoms with Gasteiger partial charge in [-0.05, 0) is 12.1 Å². The van der Waals surface area contributed by atoms with Crippen LogP contribution in [0.3, 0.4) is 0 Å². The number of carbonyl (C=O) groups excluding carboxylic acids is 2. The average molecular weight is 211 g/mol. The molecular formula is C9H10FN3O2. The molecule has 0 atom stereocenters. The van der Waals surface area contributed by atoms with Gasteiger partial charge in [-0.2, -0.15) is 4.39 Å². The summed E-state index contributed by atoms with van der Waals surface area (Å²) in [5.74, 6) is -1.65. The van der Waals surface area contributed by atoms with E-state index in [0.29, 0.717) is 0 Å². The predicted octanol–water partition coefficient (Wildman–Crippen LogP) is -0.304. The number of hydrogen-bond donors (Lipinski definition) is 2. The molecule has 0 radical (unpaired) electrons. The van der Waals surface area contributed by atoms with Gasteiger partial charge >= 0.3 is 0 Å². The summed E-state index contributed by atoms with van der Waals surface area (Å²) in [7, 11) is 1.45. The van der Waals surface area contributed by atoms with Gasteiger partial charge in [0.15, 0.2) is 0 Å². The number of hydrogen-bond acceptors (Lipinski definition) is 3. The highest BCUT2D eigenvalue weighted by Crippen LogP contribution is 1.96. The summed E-state index contributed by atoms with van der Waals surface area (Å²) in [6, 6.07) is 3.87. The lowest BCUT2D eigenvalue weighted by atomic mass is 10.3. The van der Waals surface area contributed by atoms with Crippen molar-refractivity contribution in [2.45, 2.75) is 0 Å². The Hall–Kier alpha value is -1.98. The molecule has 0 aliphatic carbocycles. The number of halogens is 1. The number of likely N-dealkylation sites (N-methyl/N-ethyl adjacent to an activating group) is 1. The van der Waals surface area contributed by atoms with Crippen molar-refractivity contribution in [1.29, 1.82) is 0 Å². The largest absolute Gasteiger partial charge is 0.358 e. The summed E-state index contributed by atoms with van der Waals surface area (Å²) in [5, 5.41) is 4.63.